The molecule has 0 saturated carbocycles. The first kappa shape index (κ1) is 14.5. The monoisotopic (exact) mass is 307 g/mol. The van der Waals surface area contributed by atoms with Crippen molar-refractivity contribution in [1.29, 1.82) is 0 Å². The third kappa shape index (κ3) is 3.10. The van der Waals surface area contributed by atoms with Crippen molar-refractivity contribution in [2.24, 2.45) is 0 Å². The maximum atomic E-state index is 10.2. The highest BCUT2D eigenvalue weighted by molar-refractivity contribution is 6.33. The number of hydrogen-bond donors (Lipinski definition) is 1. The lowest BCUT2D eigenvalue weighted by atomic mass is 9.89. The van der Waals surface area contributed by atoms with Gasteiger partial charge in [-0.3, -0.25) is 4.90 Å². The van der Waals surface area contributed by atoms with Crippen LogP contribution in [0.15, 0.2) is 28.8 Å². The van der Waals surface area contributed by atoms with Gasteiger partial charge in [0.05, 0.1) is 22.7 Å². The van der Waals surface area contributed by atoms with Crippen LogP contribution in [0.3, 0.4) is 0 Å². The molecule has 1 aromatic carbocycles. The minimum atomic E-state index is -0.538. The van der Waals surface area contributed by atoms with Crippen LogP contribution in [0.4, 0.5) is 0 Å². The molecule has 1 aromatic heterocycles. The Morgan fingerprint density at radius 2 is 2.14 bits per heavy atom. The first-order valence-electron chi connectivity index (χ1n) is 7.12. The summed E-state index contributed by atoms with van der Waals surface area (Å²) in [4.78, 5) is 6.48. The van der Waals surface area contributed by atoms with Crippen LogP contribution in [-0.2, 0) is 6.54 Å². The summed E-state index contributed by atoms with van der Waals surface area (Å²) in [5.74, 6) is 1.04. The molecule has 2 heterocycles. The number of aliphatic hydroxyl groups is 1. The topological polar surface area (TPSA) is 62.4 Å². The van der Waals surface area contributed by atoms with Gasteiger partial charge in [0.1, 0.15) is 0 Å². The fourth-order valence-electron chi connectivity index (χ4n) is 2.78. The van der Waals surface area contributed by atoms with Gasteiger partial charge in [0.2, 0.25) is 0 Å². The van der Waals surface area contributed by atoms with Gasteiger partial charge in [-0.05, 0) is 18.6 Å². The largest absolute Gasteiger partial charge is 0.387 e. The molecule has 0 aliphatic carbocycles. The van der Waals surface area contributed by atoms with Gasteiger partial charge in [-0.2, -0.15) is 4.98 Å². The molecule has 112 valence electrons. The molecule has 2 aromatic rings. The molecule has 6 heteroatoms. The van der Waals surface area contributed by atoms with E-state index in [4.69, 9.17) is 16.1 Å². The van der Waals surface area contributed by atoms with E-state index < -0.39 is 5.60 Å². The summed E-state index contributed by atoms with van der Waals surface area (Å²) in [6.45, 7) is 3.99. The molecule has 1 aliphatic rings. The summed E-state index contributed by atoms with van der Waals surface area (Å²) >= 11 is 6.11. The van der Waals surface area contributed by atoms with Crippen LogP contribution in [0.2, 0.25) is 5.02 Å². The normalized spacial score (nSPS) is 17.7. The Morgan fingerprint density at radius 1 is 1.38 bits per heavy atom. The van der Waals surface area contributed by atoms with Crippen LogP contribution in [0.1, 0.15) is 25.6 Å². The zero-order valence-corrected chi connectivity index (χ0v) is 12.7. The van der Waals surface area contributed by atoms with Gasteiger partial charge in [0, 0.05) is 13.1 Å². The number of nitrogens with zero attached hydrogens (tertiary/aromatic N) is 3. The zero-order chi connectivity index (χ0) is 14.9. The smallest absolute Gasteiger partial charge is 0.259 e. The highest BCUT2D eigenvalue weighted by atomic mass is 35.5. The quantitative estimate of drug-likeness (QED) is 0.920. The molecule has 0 spiro atoms. The lowest BCUT2D eigenvalue weighted by Gasteiger charge is -2.46. The highest BCUT2D eigenvalue weighted by Crippen LogP contribution is 2.28. The Morgan fingerprint density at radius 3 is 2.86 bits per heavy atom. The number of aromatic nitrogens is 2. The molecule has 1 fully saturated rings. The van der Waals surface area contributed by atoms with Crippen LogP contribution >= 0.6 is 11.6 Å². The van der Waals surface area contributed by atoms with E-state index in [0.717, 1.165) is 18.4 Å². The standard InChI is InChI=1S/C15H18ClN3O2/c1-2-7-15(20)9-19(10-15)8-13-17-14(21-18-13)11-5-3-4-6-12(11)16/h3-6,20H,2,7-10H2,1H3. The van der Waals surface area contributed by atoms with Crippen molar-refractivity contribution < 1.29 is 9.63 Å². The van der Waals surface area contributed by atoms with Gasteiger partial charge in [-0.25, -0.2) is 0 Å². The Kier molecular flexibility index (Phi) is 3.97. The molecule has 0 unspecified atom stereocenters. The lowest BCUT2D eigenvalue weighted by molar-refractivity contribution is -0.107. The number of hydrogen-bond acceptors (Lipinski definition) is 5. The van der Waals surface area contributed by atoms with Crippen LogP contribution in [0.25, 0.3) is 11.5 Å². The Balaban J connectivity index is 1.64. The van der Waals surface area contributed by atoms with E-state index in [-0.39, 0.29) is 0 Å². The van der Waals surface area contributed by atoms with Gasteiger partial charge < -0.3 is 9.63 Å². The summed E-state index contributed by atoms with van der Waals surface area (Å²) in [7, 11) is 0. The fraction of sp³-hybridized carbons (Fsp3) is 0.467. The van der Waals surface area contributed by atoms with Crippen molar-refractivity contribution in [3.8, 4) is 11.5 Å². The van der Waals surface area contributed by atoms with Crippen molar-refractivity contribution in [1.82, 2.24) is 15.0 Å². The number of halogens is 1. The van der Waals surface area contributed by atoms with E-state index in [1.165, 1.54) is 0 Å². The third-order valence-corrected chi connectivity index (χ3v) is 4.02. The van der Waals surface area contributed by atoms with E-state index in [1.807, 2.05) is 18.2 Å². The van der Waals surface area contributed by atoms with Gasteiger partial charge in [0.15, 0.2) is 5.82 Å². The molecular formula is C15H18ClN3O2. The van der Waals surface area contributed by atoms with Crippen molar-refractivity contribution in [2.45, 2.75) is 31.9 Å². The molecular weight excluding hydrogens is 290 g/mol. The second-order valence-corrected chi connectivity index (χ2v) is 6.02. The average molecular weight is 308 g/mol. The van der Waals surface area contributed by atoms with Gasteiger partial charge in [-0.1, -0.05) is 42.2 Å². The summed E-state index contributed by atoms with van der Waals surface area (Å²) in [5.41, 5.74) is 0.202. The van der Waals surface area contributed by atoms with E-state index in [9.17, 15) is 5.11 Å². The van der Waals surface area contributed by atoms with E-state index >= 15 is 0 Å². The Labute approximate surface area is 128 Å². The first-order valence-corrected chi connectivity index (χ1v) is 7.50. The van der Waals surface area contributed by atoms with E-state index in [0.29, 0.717) is 36.4 Å². The second-order valence-electron chi connectivity index (χ2n) is 5.62. The SMILES string of the molecule is CCCC1(O)CN(Cc2noc(-c3ccccc3Cl)n2)C1. The van der Waals surface area contributed by atoms with Crippen LogP contribution < -0.4 is 0 Å². The molecule has 1 aliphatic heterocycles. The molecule has 3 rings (SSSR count). The van der Waals surface area contributed by atoms with Gasteiger partial charge >= 0.3 is 0 Å². The average Bonchev–Trinajstić information content (AvgIpc) is 2.86. The zero-order valence-electron chi connectivity index (χ0n) is 11.9. The second kappa shape index (κ2) is 5.75. The molecule has 1 N–H and O–H groups in total. The molecule has 0 radical (unpaired) electrons. The molecule has 21 heavy (non-hydrogen) atoms. The molecule has 0 amide bonds. The fourth-order valence-corrected chi connectivity index (χ4v) is 3.00. The third-order valence-electron chi connectivity index (χ3n) is 3.69. The highest BCUT2D eigenvalue weighted by Gasteiger charge is 2.40. The molecule has 0 atom stereocenters. The summed E-state index contributed by atoms with van der Waals surface area (Å²) in [6, 6.07) is 7.38. The van der Waals surface area contributed by atoms with E-state index in [1.54, 1.807) is 6.07 Å². The van der Waals surface area contributed by atoms with Crippen LogP contribution in [-0.4, -0.2) is 38.8 Å². The summed E-state index contributed by atoms with van der Waals surface area (Å²) in [5, 5.41) is 14.7. The molecule has 1 saturated heterocycles. The summed E-state index contributed by atoms with van der Waals surface area (Å²) < 4.78 is 5.27. The van der Waals surface area contributed by atoms with Crippen LogP contribution in [0, 0.1) is 0 Å². The molecule has 5 nitrogen and oxygen atoms in total. The Bertz CT molecular complexity index is 623. The van der Waals surface area contributed by atoms with Crippen molar-refractivity contribution >= 4 is 11.6 Å². The van der Waals surface area contributed by atoms with Crippen molar-refractivity contribution in [3.63, 3.8) is 0 Å². The minimum Gasteiger partial charge on any atom is -0.387 e. The van der Waals surface area contributed by atoms with E-state index in [2.05, 4.69) is 22.0 Å². The summed E-state index contributed by atoms with van der Waals surface area (Å²) in [6.07, 6.45) is 1.82. The van der Waals surface area contributed by atoms with Gasteiger partial charge in [-0.15, -0.1) is 0 Å². The maximum Gasteiger partial charge on any atom is 0.259 e. The van der Waals surface area contributed by atoms with Gasteiger partial charge in [0.25, 0.3) is 5.89 Å². The first-order chi connectivity index (χ1) is 10.1. The number of β-amino-alcohol motifs (C(OH)–C–C–N with tert-alkyl or cyclic N) is 1. The number of benzene rings is 1. The number of likely N-dealkylation sites (tertiary alicyclic amines) is 1. The molecule has 0 bridgehead atoms. The Hall–Kier alpha value is -1.43. The number of rotatable bonds is 5. The lowest BCUT2D eigenvalue weighted by Crippen LogP contribution is -2.61. The predicted molar refractivity (Wildman–Crippen MR) is 79.9 cm³/mol. The van der Waals surface area contributed by atoms with Crippen molar-refractivity contribution in [2.75, 3.05) is 13.1 Å². The predicted octanol–water partition coefficient (Wildman–Crippen LogP) is 2.74. The van der Waals surface area contributed by atoms with Crippen molar-refractivity contribution in [3.05, 3.63) is 35.1 Å². The minimum absolute atomic E-state index is 0.431. The maximum absolute atomic E-state index is 10.2. The van der Waals surface area contributed by atoms with Crippen LogP contribution in [0.5, 0.6) is 0 Å².